The molecule has 1 aromatic rings. The Hall–Kier alpha value is -1.03. The predicted molar refractivity (Wildman–Crippen MR) is 76.7 cm³/mol. The summed E-state index contributed by atoms with van der Waals surface area (Å²) >= 11 is 6.13. The predicted octanol–water partition coefficient (Wildman–Crippen LogP) is 2.91. The summed E-state index contributed by atoms with van der Waals surface area (Å²) in [5.41, 5.74) is 0.468. The van der Waals surface area contributed by atoms with Crippen molar-refractivity contribution in [3.63, 3.8) is 0 Å². The largest absolute Gasteiger partial charge is 0.377 e. The molecule has 19 heavy (non-hydrogen) atoms. The fourth-order valence-electron chi connectivity index (χ4n) is 2.82. The molecule has 2 unspecified atom stereocenters. The van der Waals surface area contributed by atoms with Crippen LogP contribution >= 0.6 is 11.6 Å². The van der Waals surface area contributed by atoms with Gasteiger partial charge in [0.05, 0.1) is 11.2 Å². The van der Waals surface area contributed by atoms with Crippen LogP contribution < -0.4 is 10.9 Å². The monoisotopic (exact) mass is 281 g/mol. The molecule has 4 nitrogen and oxygen atoms in total. The number of anilines is 1. The Bertz CT molecular complexity index is 524. The Kier molecular flexibility index (Phi) is 3.52. The minimum atomic E-state index is -0.0704. The lowest BCUT2D eigenvalue weighted by Crippen LogP contribution is -2.29. The Balaban J connectivity index is 1.80. The van der Waals surface area contributed by atoms with Crippen molar-refractivity contribution in [3.05, 3.63) is 21.6 Å². The van der Waals surface area contributed by atoms with Gasteiger partial charge in [-0.05, 0) is 43.9 Å². The van der Waals surface area contributed by atoms with Gasteiger partial charge in [0, 0.05) is 12.6 Å². The first kappa shape index (κ1) is 13.0. The van der Waals surface area contributed by atoms with Crippen LogP contribution in [0.15, 0.2) is 11.0 Å². The van der Waals surface area contributed by atoms with Crippen molar-refractivity contribution in [3.8, 4) is 0 Å². The highest BCUT2D eigenvalue weighted by atomic mass is 35.5. The van der Waals surface area contributed by atoms with Crippen molar-refractivity contribution in [2.75, 3.05) is 5.32 Å². The molecule has 2 saturated carbocycles. The van der Waals surface area contributed by atoms with E-state index in [4.69, 9.17) is 11.6 Å². The first-order valence-electron chi connectivity index (χ1n) is 7.15. The van der Waals surface area contributed by atoms with Gasteiger partial charge in [-0.1, -0.05) is 18.5 Å². The van der Waals surface area contributed by atoms with E-state index in [2.05, 4.69) is 17.3 Å². The van der Waals surface area contributed by atoms with E-state index in [0.29, 0.717) is 22.7 Å². The molecule has 0 amide bonds. The van der Waals surface area contributed by atoms with Crippen LogP contribution in [0.1, 0.15) is 39.0 Å². The fourth-order valence-corrected chi connectivity index (χ4v) is 3.00. The van der Waals surface area contributed by atoms with Gasteiger partial charge in [0.2, 0.25) is 0 Å². The first-order valence-corrected chi connectivity index (χ1v) is 7.53. The van der Waals surface area contributed by atoms with E-state index < -0.39 is 0 Å². The number of nitrogens with one attached hydrogen (secondary N) is 1. The topological polar surface area (TPSA) is 46.9 Å². The number of nitrogens with zero attached hydrogens (tertiary/aromatic N) is 2. The normalized spacial score (nSPS) is 26.6. The van der Waals surface area contributed by atoms with E-state index in [-0.39, 0.29) is 5.56 Å². The van der Waals surface area contributed by atoms with Gasteiger partial charge in [0.1, 0.15) is 5.69 Å². The maximum absolute atomic E-state index is 12.4. The maximum atomic E-state index is 12.4. The number of halogens is 1. The third kappa shape index (κ3) is 2.94. The van der Waals surface area contributed by atoms with E-state index >= 15 is 0 Å². The molecule has 0 spiro atoms. The molecule has 0 radical (unpaired) electrons. The molecule has 0 saturated heterocycles. The van der Waals surface area contributed by atoms with Crippen LogP contribution in [0.25, 0.3) is 0 Å². The molecule has 0 aromatic carbocycles. The standard InChI is InChI=1S/C14H20ClN3O/c1-9-2-5-11(6-9)17-13-12(15)7-16-18(14(13)19)8-10-3-4-10/h7,9-11,17H,2-6,8H2,1H3. The Labute approximate surface area is 118 Å². The molecule has 1 aromatic heterocycles. The average Bonchev–Trinajstić information content (AvgIpc) is 3.10. The Morgan fingerprint density at radius 2 is 2.21 bits per heavy atom. The van der Waals surface area contributed by atoms with Gasteiger partial charge in [-0.3, -0.25) is 4.79 Å². The van der Waals surface area contributed by atoms with Crippen molar-refractivity contribution in [1.82, 2.24) is 9.78 Å². The number of aromatic nitrogens is 2. The average molecular weight is 282 g/mol. The van der Waals surface area contributed by atoms with Gasteiger partial charge in [-0.15, -0.1) is 0 Å². The van der Waals surface area contributed by atoms with Gasteiger partial charge in [-0.2, -0.15) is 5.10 Å². The van der Waals surface area contributed by atoms with Crippen LogP contribution in [0.2, 0.25) is 5.02 Å². The van der Waals surface area contributed by atoms with Crippen LogP contribution in [-0.4, -0.2) is 15.8 Å². The Morgan fingerprint density at radius 3 is 2.84 bits per heavy atom. The van der Waals surface area contributed by atoms with Gasteiger partial charge in [-0.25, -0.2) is 4.68 Å². The molecule has 2 aliphatic carbocycles. The Morgan fingerprint density at radius 1 is 1.42 bits per heavy atom. The number of hydrogen-bond donors (Lipinski definition) is 1. The van der Waals surface area contributed by atoms with Crippen LogP contribution in [0.4, 0.5) is 5.69 Å². The third-order valence-corrected chi connectivity index (χ3v) is 4.46. The molecule has 104 valence electrons. The van der Waals surface area contributed by atoms with Crippen LogP contribution in [0.3, 0.4) is 0 Å². The SMILES string of the molecule is CC1CCC(Nc2c(Cl)cnn(CC3CC3)c2=O)C1. The zero-order chi connectivity index (χ0) is 13.4. The number of hydrogen-bond acceptors (Lipinski definition) is 3. The molecule has 3 rings (SSSR count). The third-order valence-electron chi connectivity index (χ3n) is 4.17. The van der Waals surface area contributed by atoms with Crippen molar-refractivity contribution in [1.29, 1.82) is 0 Å². The molecule has 2 atom stereocenters. The zero-order valence-corrected chi connectivity index (χ0v) is 12.0. The van der Waals surface area contributed by atoms with Crippen molar-refractivity contribution in [2.45, 2.75) is 51.6 Å². The fraction of sp³-hybridized carbons (Fsp3) is 0.714. The summed E-state index contributed by atoms with van der Waals surface area (Å²) < 4.78 is 1.56. The first-order chi connectivity index (χ1) is 9.13. The van der Waals surface area contributed by atoms with E-state index in [1.807, 2.05) is 0 Å². The molecular formula is C14H20ClN3O. The number of rotatable bonds is 4. The quantitative estimate of drug-likeness (QED) is 0.923. The minimum absolute atomic E-state index is 0.0704. The molecule has 2 fully saturated rings. The summed E-state index contributed by atoms with van der Waals surface area (Å²) in [5.74, 6) is 1.36. The van der Waals surface area contributed by atoms with Gasteiger partial charge in [0.25, 0.3) is 5.56 Å². The smallest absolute Gasteiger partial charge is 0.291 e. The second kappa shape index (κ2) is 5.16. The maximum Gasteiger partial charge on any atom is 0.291 e. The summed E-state index contributed by atoms with van der Waals surface area (Å²) in [6.45, 7) is 2.98. The molecule has 1 N–H and O–H groups in total. The lowest BCUT2D eigenvalue weighted by Gasteiger charge is -2.15. The van der Waals surface area contributed by atoms with Crippen LogP contribution in [0, 0.1) is 11.8 Å². The van der Waals surface area contributed by atoms with Crippen LogP contribution in [0.5, 0.6) is 0 Å². The van der Waals surface area contributed by atoms with E-state index in [1.54, 1.807) is 10.9 Å². The van der Waals surface area contributed by atoms with Gasteiger partial charge in [0.15, 0.2) is 0 Å². The van der Waals surface area contributed by atoms with Gasteiger partial charge >= 0.3 is 0 Å². The lowest BCUT2D eigenvalue weighted by molar-refractivity contribution is 0.533. The molecule has 1 heterocycles. The second-order valence-corrected chi connectivity index (χ2v) is 6.46. The van der Waals surface area contributed by atoms with E-state index in [0.717, 1.165) is 25.3 Å². The summed E-state index contributed by atoms with van der Waals surface area (Å²) in [7, 11) is 0. The van der Waals surface area contributed by atoms with Gasteiger partial charge < -0.3 is 5.32 Å². The zero-order valence-electron chi connectivity index (χ0n) is 11.2. The highest BCUT2D eigenvalue weighted by Gasteiger charge is 2.25. The molecule has 5 heteroatoms. The van der Waals surface area contributed by atoms with Crippen molar-refractivity contribution >= 4 is 17.3 Å². The van der Waals surface area contributed by atoms with Crippen molar-refractivity contribution < 1.29 is 0 Å². The molecular weight excluding hydrogens is 262 g/mol. The van der Waals surface area contributed by atoms with Crippen LogP contribution in [-0.2, 0) is 6.54 Å². The molecule has 2 aliphatic rings. The van der Waals surface area contributed by atoms with E-state index in [1.165, 1.54) is 19.3 Å². The highest BCUT2D eigenvalue weighted by Crippen LogP contribution is 2.31. The summed E-state index contributed by atoms with van der Waals surface area (Å²) in [4.78, 5) is 12.4. The molecule has 0 aliphatic heterocycles. The summed E-state index contributed by atoms with van der Waals surface area (Å²) in [5, 5.41) is 7.92. The lowest BCUT2D eigenvalue weighted by atomic mass is 10.1. The second-order valence-electron chi connectivity index (χ2n) is 6.06. The molecule has 0 bridgehead atoms. The summed E-state index contributed by atoms with van der Waals surface area (Å²) in [6.07, 6.45) is 7.45. The minimum Gasteiger partial charge on any atom is -0.377 e. The van der Waals surface area contributed by atoms with E-state index in [9.17, 15) is 4.79 Å². The highest BCUT2D eigenvalue weighted by molar-refractivity contribution is 6.33. The summed E-state index contributed by atoms with van der Waals surface area (Å²) in [6, 6.07) is 0.372. The van der Waals surface area contributed by atoms with Crippen molar-refractivity contribution in [2.24, 2.45) is 11.8 Å².